The standard InChI is InChI=1S/C9H12ClN3O2S/c10-1-2-13-6-4-16-3-5(8(11)14)7(6)12-9(13)15/h5H,1-4H2,(H2,11,14)(H,12,15). The molecule has 0 aliphatic carbocycles. The first-order valence-electron chi connectivity index (χ1n) is 4.89. The Hall–Kier alpha value is -0.880. The molecule has 1 amide bonds. The zero-order valence-electron chi connectivity index (χ0n) is 8.53. The number of nitrogens with one attached hydrogen (secondary N) is 1. The molecule has 7 heteroatoms. The van der Waals surface area contributed by atoms with E-state index in [2.05, 4.69) is 4.98 Å². The number of amides is 1. The third kappa shape index (κ3) is 1.87. The minimum Gasteiger partial charge on any atom is -0.369 e. The van der Waals surface area contributed by atoms with E-state index in [9.17, 15) is 9.59 Å². The van der Waals surface area contributed by atoms with Crippen molar-refractivity contribution >= 4 is 29.3 Å². The lowest BCUT2D eigenvalue weighted by molar-refractivity contribution is -0.119. The molecule has 16 heavy (non-hydrogen) atoms. The molecule has 1 aromatic rings. The van der Waals surface area contributed by atoms with Gasteiger partial charge in [0.05, 0.1) is 17.3 Å². The summed E-state index contributed by atoms with van der Waals surface area (Å²) in [4.78, 5) is 25.6. The van der Waals surface area contributed by atoms with Gasteiger partial charge < -0.3 is 10.7 Å². The third-order valence-corrected chi connectivity index (χ3v) is 3.86. The van der Waals surface area contributed by atoms with Crippen LogP contribution in [0.25, 0.3) is 0 Å². The second-order valence-corrected chi connectivity index (χ2v) is 5.01. The number of nitrogens with two attached hydrogens (primary N) is 1. The van der Waals surface area contributed by atoms with Gasteiger partial charge in [-0.2, -0.15) is 11.8 Å². The smallest absolute Gasteiger partial charge is 0.326 e. The normalized spacial score (nSPS) is 19.4. The Kier molecular flexibility index (Phi) is 3.30. The summed E-state index contributed by atoms with van der Waals surface area (Å²) >= 11 is 7.24. The molecule has 2 rings (SSSR count). The first-order valence-corrected chi connectivity index (χ1v) is 6.58. The lowest BCUT2D eigenvalue weighted by Gasteiger charge is -2.19. The zero-order chi connectivity index (χ0) is 11.7. The Morgan fingerprint density at radius 2 is 2.44 bits per heavy atom. The number of carbonyl (C=O) groups excluding carboxylic acids is 1. The van der Waals surface area contributed by atoms with Crippen molar-refractivity contribution in [3.63, 3.8) is 0 Å². The molecule has 1 aliphatic rings. The fourth-order valence-electron chi connectivity index (χ4n) is 1.87. The van der Waals surface area contributed by atoms with Crippen molar-refractivity contribution in [1.29, 1.82) is 0 Å². The van der Waals surface area contributed by atoms with Crippen molar-refractivity contribution in [1.82, 2.24) is 9.55 Å². The maximum absolute atomic E-state index is 11.7. The molecule has 0 bridgehead atoms. The highest BCUT2D eigenvalue weighted by Gasteiger charge is 2.29. The number of aromatic amines is 1. The van der Waals surface area contributed by atoms with Crippen LogP contribution in [0.3, 0.4) is 0 Å². The van der Waals surface area contributed by atoms with Gasteiger partial charge in [-0.1, -0.05) is 0 Å². The summed E-state index contributed by atoms with van der Waals surface area (Å²) in [5.74, 6) is 0.930. The predicted octanol–water partition coefficient (Wildman–Crippen LogP) is 0.231. The summed E-state index contributed by atoms with van der Waals surface area (Å²) in [7, 11) is 0. The summed E-state index contributed by atoms with van der Waals surface area (Å²) in [5.41, 5.74) is 6.62. The molecule has 1 unspecified atom stereocenters. The average molecular weight is 262 g/mol. The topological polar surface area (TPSA) is 80.9 Å². The number of nitrogens with zero attached hydrogens (tertiary/aromatic N) is 1. The number of halogens is 1. The highest BCUT2D eigenvalue weighted by atomic mass is 35.5. The van der Waals surface area contributed by atoms with Crippen LogP contribution in [0.2, 0.25) is 0 Å². The molecule has 1 aromatic heterocycles. The highest BCUT2D eigenvalue weighted by molar-refractivity contribution is 7.98. The molecular weight excluding hydrogens is 250 g/mol. The Bertz CT molecular complexity index is 468. The maximum Gasteiger partial charge on any atom is 0.326 e. The molecule has 0 spiro atoms. The number of imidazole rings is 1. The molecule has 0 aromatic carbocycles. The van der Waals surface area contributed by atoms with E-state index in [1.165, 1.54) is 0 Å². The number of hydrogen-bond acceptors (Lipinski definition) is 3. The summed E-state index contributed by atoms with van der Waals surface area (Å²) < 4.78 is 1.59. The number of thioether (sulfide) groups is 1. The largest absolute Gasteiger partial charge is 0.369 e. The molecule has 1 atom stereocenters. The second-order valence-electron chi connectivity index (χ2n) is 3.60. The maximum atomic E-state index is 11.7. The lowest BCUT2D eigenvalue weighted by Crippen LogP contribution is -2.27. The van der Waals surface area contributed by atoms with Gasteiger partial charge >= 0.3 is 5.69 Å². The van der Waals surface area contributed by atoms with Crippen LogP contribution in [0.5, 0.6) is 0 Å². The van der Waals surface area contributed by atoms with Gasteiger partial charge in [-0.05, 0) is 0 Å². The van der Waals surface area contributed by atoms with Crippen LogP contribution in [0.4, 0.5) is 0 Å². The Morgan fingerprint density at radius 1 is 1.69 bits per heavy atom. The van der Waals surface area contributed by atoms with E-state index in [1.54, 1.807) is 16.3 Å². The first kappa shape index (κ1) is 11.6. The number of rotatable bonds is 3. The van der Waals surface area contributed by atoms with Gasteiger partial charge in [0.1, 0.15) is 0 Å². The molecule has 0 saturated heterocycles. The Balaban J connectivity index is 2.47. The number of aromatic nitrogens is 2. The van der Waals surface area contributed by atoms with Gasteiger partial charge in [-0.3, -0.25) is 9.36 Å². The number of alkyl halides is 1. The highest BCUT2D eigenvalue weighted by Crippen LogP contribution is 2.31. The van der Waals surface area contributed by atoms with E-state index in [1.807, 2.05) is 0 Å². The Morgan fingerprint density at radius 3 is 3.06 bits per heavy atom. The van der Waals surface area contributed by atoms with Crippen molar-refractivity contribution in [2.75, 3.05) is 11.6 Å². The molecule has 88 valence electrons. The molecule has 1 aliphatic heterocycles. The van der Waals surface area contributed by atoms with Gasteiger partial charge in [0.2, 0.25) is 5.91 Å². The van der Waals surface area contributed by atoms with Crippen molar-refractivity contribution in [2.24, 2.45) is 5.73 Å². The molecule has 3 N–H and O–H groups in total. The summed E-state index contributed by atoms with van der Waals surface area (Å²) in [5, 5.41) is 0. The van der Waals surface area contributed by atoms with Crippen LogP contribution in [0.15, 0.2) is 4.79 Å². The fraction of sp³-hybridized carbons (Fsp3) is 0.556. The van der Waals surface area contributed by atoms with Crippen LogP contribution in [0.1, 0.15) is 17.3 Å². The van der Waals surface area contributed by atoms with Crippen molar-refractivity contribution in [3.8, 4) is 0 Å². The Labute approximate surface area is 101 Å². The fourth-order valence-corrected chi connectivity index (χ4v) is 3.23. The minimum absolute atomic E-state index is 0.209. The zero-order valence-corrected chi connectivity index (χ0v) is 10.1. The van der Waals surface area contributed by atoms with Gasteiger partial charge in [-0.15, -0.1) is 11.6 Å². The van der Waals surface area contributed by atoms with Gasteiger partial charge in [0.25, 0.3) is 0 Å². The van der Waals surface area contributed by atoms with Crippen LogP contribution < -0.4 is 11.4 Å². The number of H-pyrrole nitrogens is 1. The lowest BCUT2D eigenvalue weighted by atomic mass is 10.1. The molecule has 2 heterocycles. The minimum atomic E-state index is -0.396. The van der Waals surface area contributed by atoms with E-state index < -0.39 is 11.8 Å². The molecule has 0 saturated carbocycles. The average Bonchev–Trinajstić information content (AvgIpc) is 2.56. The van der Waals surface area contributed by atoms with E-state index >= 15 is 0 Å². The van der Waals surface area contributed by atoms with E-state index in [4.69, 9.17) is 17.3 Å². The monoisotopic (exact) mass is 261 g/mol. The van der Waals surface area contributed by atoms with Gasteiger partial charge in [-0.25, -0.2) is 4.79 Å². The van der Waals surface area contributed by atoms with E-state index in [0.717, 1.165) is 11.4 Å². The summed E-state index contributed by atoms with van der Waals surface area (Å²) in [6, 6.07) is 0. The van der Waals surface area contributed by atoms with Crippen LogP contribution >= 0.6 is 23.4 Å². The SMILES string of the molecule is NC(=O)C1CSCc2c1[nH]c(=O)n2CCCl. The first-order chi connectivity index (χ1) is 7.65. The van der Waals surface area contributed by atoms with Crippen LogP contribution in [-0.2, 0) is 17.1 Å². The molecule has 5 nitrogen and oxygen atoms in total. The predicted molar refractivity (Wildman–Crippen MR) is 63.9 cm³/mol. The van der Waals surface area contributed by atoms with Crippen molar-refractivity contribution in [2.45, 2.75) is 18.2 Å². The van der Waals surface area contributed by atoms with E-state index in [-0.39, 0.29) is 5.69 Å². The number of fused-ring (bicyclic) bond motifs is 1. The number of carbonyl (C=O) groups is 1. The molecule has 0 radical (unpaired) electrons. The summed E-state index contributed by atoms with van der Waals surface area (Å²) in [6.45, 7) is 0.457. The number of hydrogen-bond donors (Lipinski definition) is 2. The number of primary amides is 1. The van der Waals surface area contributed by atoms with Crippen molar-refractivity contribution < 1.29 is 4.79 Å². The van der Waals surface area contributed by atoms with E-state index in [0.29, 0.717) is 23.9 Å². The van der Waals surface area contributed by atoms with Crippen LogP contribution in [0, 0.1) is 0 Å². The van der Waals surface area contributed by atoms with Gasteiger partial charge in [0, 0.05) is 23.9 Å². The van der Waals surface area contributed by atoms with Crippen molar-refractivity contribution in [3.05, 3.63) is 21.9 Å². The van der Waals surface area contributed by atoms with Gasteiger partial charge in [0.15, 0.2) is 0 Å². The summed E-state index contributed by atoms with van der Waals surface area (Å²) in [6.07, 6.45) is 0. The third-order valence-electron chi connectivity index (χ3n) is 2.65. The van der Waals surface area contributed by atoms with Crippen LogP contribution in [-0.4, -0.2) is 27.1 Å². The molecule has 0 fully saturated rings. The quantitative estimate of drug-likeness (QED) is 0.765. The second kappa shape index (κ2) is 4.55. The molecular formula is C9H12ClN3O2S.